The largest absolute Gasteiger partial charge is 0.300 e. The number of hydrogen-bond donors (Lipinski definition) is 1. The van der Waals surface area contributed by atoms with E-state index in [0.29, 0.717) is 30.8 Å². The van der Waals surface area contributed by atoms with Gasteiger partial charge in [-0.2, -0.15) is 4.99 Å². The zero-order valence-electron chi connectivity index (χ0n) is 13.5. The molecule has 0 saturated carbocycles. The molecule has 1 aliphatic heterocycles. The van der Waals surface area contributed by atoms with Gasteiger partial charge in [0, 0.05) is 10.6 Å². The molecule has 1 saturated heterocycles. The Morgan fingerprint density at radius 1 is 1.15 bits per heavy atom. The summed E-state index contributed by atoms with van der Waals surface area (Å²) in [5.41, 5.74) is 1.45. The van der Waals surface area contributed by atoms with Crippen LogP contribution < -0.4 is 5.32 Å². The van der Waals surface area contributed by atoms with Gasteiger partial charge in [0.1, 0.15) is 10.8 Å². The molecule has 5 nitrogen and oxygen atoms in total. The van der Waals surface area contributed by atoms with E-state index in [-0.39, 0.29) is 11.7 Å². The second-order valence-electron chi connectivity index (χ2n) is 5.44. The number of thioether (sulfide) groups is 1. The Morgan fingerprint density at radius 2 is 2.00 bits per heavy atom. The van der Waals surface area contributed by atoms with Crippen molar-refractivity contribution in [3.63, 3.8) is 0 Å². The van der Waals surface area contributed by atoms with E-state index in [9.17, 15) is 9.18 Å². The number of carbonyl (C=O) groups excluding carboxylic acids is 1. The number of nitrogens with zero attached hydrogens (tertiary/aromatic N) is 3. The van der Waals surface area contributed by atoms with E-state index in [2.05, 4.69) is 20.5 Å². The summed E-state index contributed by atoms with van der Waals surface area (Å²) in [6.45, 7) is 0. The molecule has 0 radical (unpaired) electrons. The van der Waals surface area contributed by atoms with Crippen LogP contribution in [0.2, 0.25) is 5.02 Å². The molecular weight excluding hydrogens is 407 g/mol. The van der Waals surface area contributed by atoms with Crippen molar-refractivity contribution in [2.24, 2.45) is 4.99 Å². The van der Waals surface area contributed by atoms with Crippen molar-refractivity contribution in [1.82, 2.24) is 15.5 Å². The smallest absolute Gasteiger partial charge is 0.264 e. The predicted octanol–water partition coefficient (Wildman–Crippen LogP) is 4.89. The first-order valence-corrected chi connectivity index (χ1v) is 9.72. The highest BCUT2D eigenvalue weighted by atomic mass is 35.5. The maximum Gasteiger partial charge on any atom is 0.264 e. The quantitative estimate of drug-likeness (QED) is 0.617. The maximum absolute atomic E-state index is 13.3. The van der Waals surface area contributed by atoms with Crippen molar-refractivity contribution in [3.05, 3.63) is 69.8 Å². The lowest BCUT2D eigenvalue weighted by Gasteiger charge is -1.95. The molecule has 134 valence electrons. The molecule has 2 heterocycles. The summed E-state index contributed by atoms with van der Waals surface area (Å²) in [6.07, 6.45) is 1.74. The van der Waals surface area contributed by atoms with Gasteiger partial charge in [0.05, 0.1) is 4.91 Å². The second kappa shape index (κ2) is 7.59. The van der Waals surface area contributed by atoms with E-state index in [1.54, 1.807) is 30.3 Å². The molecule has 27 heavy (non-hydrogen) atoms. The molecule has 1 fully saturated rings. The molecular formula is C18H10ClFN4OS2. The Hall–Kier alpha value is -2.55. The fourth-order valence-electron chi connectivity index (χ4n) is 2.31. The molecule has 3 aromatic rings. The van der Waals surface area contributed by atoms with Gasteiger partial charge in [-0.25, -0.2) is 4.39 Å². The summed E-state index contributed by atoms with van der Waals surface area (Å²) in [6, 6.07) is 13.3. The van der Waals surface area contributed by atoms with Gasteiger partial charge in [-0.15, -0.1) is 10.2 Å². The monoisotopic (exact) mass is 416 g/mol. The van der Waals surface area contributed by atoms with E-state index in [0.717, 1.165) is 5.56 Å². The molecule has 1 amide bonds. The van der Waals surface area contributed by atoms with Crippen molar-refractivity contribution in [3.8, 4) is 10.6 Å². The lowest BCUT2D eigenvalue weighted by Crippen LogP contribution is -2.19. The molecule has 0 atom stereocenters. The van der Waals surface area contributed by atoms with E-state index < -0.39 is 0 Å². The number of amidine groups is 1. The number of carbonyl (C=O) groups is 1. The van der Waals surface area contributed by atoms with Crippen LogP contribution in [0.5, 0.6) is 0 Å². The number of aliphatic imine (C=N–C) groups is 1. The number of benzene rings is 2. The first-order valence-electron chi connectivity index (χ1n) is 7.71. The summed E-state index contributed by atoms with van der Waals surface area (Å²) in [7, 11) is 0. The van der Waals surface area contributed by atoms with Crippen molar-refractivity contribution >= 4 is 57.0 Å². The van der Waals surface area contributed by atoms with Crippen LogP contribution >= 0.6 is 34.7 Å². The third-order valence-electron chi connectivity index (χ3n) is 3.48. The molecule has 1 N–H and O–H groups in total. The van der Waals surface area contributed by atoms with Crippen LogP contribution in [0.3, 0.4) is 0 Å². The summed E-state index contributed by atoms with van der Waals surface area (Å²) in [4.78, 5) is 17.0. The topological polar surface area (TPSA) is 67.2 Å². The van der Waals surface area contributed by atoms with Gasteiger partial charge in [-0.1, -0.05) is 47.2 Å². The van der Waals surface area contributed by atoms with E-state index in [4.69, 9.17) is 11.6 Å². The summed E-state index contributed by atoms with van der Waals surface area (Å²) in [5.74, 6) is -0.585. The Morgan fingerprint density at radius 3 is 2.81 bits per heavy atom. The fraction of sp³-hybridized carbons (Fsp3) is 0. The minimum atomic E-state index is -0.343. The van der Waals surface area contributed by atoms with Gasteiger partial charge < -0.3 is 5.32 Å². The fourth-order valence-corrected chi connectivity index (χ4v) is 4.11. The number of rotatable bonds is 3. The van der Waals surface area contributed by atoms with Crippen LogP contribution in [0.15, 0.2) is 58.4 Å². The van der Waals surface area contributed by atoms with Gasteiger partial charge in [0.15, 0.2) is 5.17 Å². The van der Waals surface area contributed by atoms with Gasteiger partial charge in [0.25, 0.3) is 5.91 Å². The van der Waals surface area contributed by atoms with Crippen LogP contribution in [-0.2, 0) is 4.79 Å². The van der Waals surface area contributed by atoms with Gasteiger partial charge in [0.2, 0.25) is 5.13 Å². The lowest BCUT2D eigenvalue weighted by molar-refractivity contribution is -0.115. The average Bonchev–Trinajstić information content (AvgIpc) is 3.22. The predicted molar refractivity (Wildman–Crippen MR) is 108 cm³/mol. The minimum Gasteiger partial charge on any atom is -0.300 e. The minimum absolute atomic E-state index is 0.242. The maximum atomic E-state index is 13.3. The molecule has 0 spiro atoms. The Kier molecular flexibility index (Phi) is 5.02. The Balaban J connectivity index is 1.55. The molecule has 1 aliphatic rings. The van der Waals surface area contributed by atoms with Crippen LogP contribution in [0.1, 0.15) is 5.56 Å². The van der Waals surface area contributed by atoms with Crippen LogP contribution in [0, 0.1) is 5.82 Å². The Labute approximate surface area is 167 Å². The lowest BCUT2D eigenvalue weighted by atomic mass is 10.2. The normalized spacial score (nSPS) is 16.9. The molecule has 0 unspecified atom stereocenters. The SMILES string of the molecule is O=C1NC(=Nc2nnc(-c3cccc(F)c3)s2)SC1=Cc1cccc(Cl)c1. The second-order valence-corrected chi connectivity index (χ2v) is 7.86. The highest BCUT2D eigenvalue weighted by Gasteiger charge is 2.24. The molecule has 1 aromatic heterocycles. The van der Waals surface area contributed by atoms with Crippen molar-refractivity contribution in [2.45, 2.75) is 0 Å². The van der Waals surface area contributed by atoms with Crippen LogP contribution in [-0.4, -0.2) is 21.3 Å². The zero-order chi connectivity index (χ0) is 18.8. The van der Waals surface area contributed by atoms with Gasteiger partial charge >= 0.3 is 0 Å². The van der Waals surface area contributed by atoms with Crippen molar-refractivity contribution in [1.29, 1.82) is 0 Å². The summed E-state index contributed by atoms with van der Waals surface area (Å²) in [5, 5.41) is 12.7. The van der Waals surface area contributed by atoms with Gasteiger partial charge in [-0.05, 0) is 47.7 Å². The number of nitrogens with one attached hydrogen (secondary N) is 1. The zero-order valence-corrected chi connectivity index (χ0v) is 15.9. The molecule has 0 aliphatic carbocycles. The number of halogens is 2. The highest BCUT2D eigenvalue weighted by molar-refractivity contribution is 8.18. The van der Waals surface area contributed by atoms with E-state index in [1.807, 2.05) is 12.1 Å². The molecule has 2 aromatic carbocycles. The average molecular weight is 417 g/mol. The molecule has 4 rings (SSSR count). The third-order valence-corrected chi connectivity index (χ3v) is 5.49. The van der Waals surface area contributed by atoms with E-state index >= 15 is 0 Å². The number of aromatic nitrogens is 2. The van der Waals surface area contributed by atoms with Crippen molar-refractivity contribution in [2.75, 3.05) is 0 Å². The highest BCUT2D eigenvalue weighted by Crippen LogP contribution is 2.32. The summed E-state index contributed by atoms with van der Waals surface area (Å²) < 4.78 is 13.3. The van der Waals surface area contributed by atoms with Crippen LogP contribution in [0.4, 0.5) is 9.52 Å². The standard InChI is InChI=1S/C18H10ClFN4OS2/c19-12-5-1-3-10(7-12)8-14-15(25)21-17(26-14)22-18-24-23-16(27-18)11-4-2-6-13(20)9-11/h1-9H,(H,21,22,24,25). The molecule has 9 heteroatoms. The van der Waals surface area contributed by atoms with Crippen molar-refractivity contribution < 1.29 is 9.18 Å². The number of hydrogen-bond acceptors (Lipinski definition) is 6. The number of amides is 1. The third kappa shape index (κ3) is 4.24. The Bertz CT molecular complexity index is 1100. The molecule has 0 bridgehead atoms. The van der Waals surface area contributed by atoms with Crippen LogP contribution in [0.25, 0.3) is 16.6 Å². The van der Waals surface area contributed by atoms with Gasteiger partial charge in [-0.3, -0.25) is 4.79 Å². The first-order chi connectivity index (χ1) is 13.1. The summed E-state index contributed by atoms with van der Waals surface area (Å²) >= 11 is 8.39. The first kappa shape index (κ1) is 17.8. The van der Waals surface area contributed by atoms with E-state index in [1.165, 1.54) is 35.2 Å².